The number of ether oxygens (including phenoxy) is 2. The zero-order valence-corrected chi connectivity index (χ0v) is 58.4. The van der Waals surface area contributed by atoms with E-state index in [1.807, 2.05) is 6.08 Å². The van der Waals surface area contributed by atoms with Crippen molar-refractivity contribution < 1.29 is 39.8 Å². The largest absolute Gasteiger partial charge is 0.394 e. The summed E-state index contributed by atoms with van der Waals surface area (Å²) in [6.45, 7) is 3.79. The summed E-state index contributed by atoms with van der Waals surface area (Å²) in [6.07, 6.45) is 90.4. The zero-order valence-electron chi connectivity index (χ0n) is 58.4. The molecule has 89 heavy (non-hydrogen) atoms. The fourth-order valence-electron chi connectivity index (χ4n) is 12.2. The highest BCUT2D eigenvalue weighted by Crippen LogP contribution is 2.24. The lowest BCUT2D eigenvalue weighted by Crippen LogP contribution is -2.60. The van der Waals surface area contributed by atoms with E-state index in [0.717, 1.165) is 57.8 Å². The third kappa shape index (κ3) is 56.9. The van der Waals surface area contributed by atoms with Gasteiger partial charge in [-0.1, -0.05) is 356 Å². The summed E-state index contributed by atoms with van der Waals surface area (Å²) >= 11 is 0. The van der Waals surface area contributed by atoms with E-state index in [1.54, 1.807) is 6.08 Å². The second-order valence-corrected chi connectivity index (χ2v) is 26.8. The minimum Gasteiger partial charge on any atom is -0.394 e. The van der Waals surface area contributed by atoms with E-state index in [1.165, 1.54) is 295 Å². The highest BCUT2D eigenvalue weighted by Gasteiger charge is 2.44. The van der Waals surface area contributed by atoms with Crippen LogP contribution in [0.3, 0.4) is 0 Å². The highest BCUT2D eigenvalue weighted by atomic mass is 16.7. The Hall–Kier alpha value is -2.37. The molecule has 9 nitrogen and oxygen atoms in total. The van der Waals surface area contributed by atoms with Gasteiger partial charge in [-0.25, -0.2) is 0 Å². The standard InChI is InChI=1S/C80H147NO8/c1-3-5-7-9-11-13-15-17-19-21-23-25-27-29-31-33-35-37-39-41-43-45-47-49-51-53-55-57-59-61-63-65-67-69-74(83)73(72-88-80-79(87)78(86)77(85)75(71-82)89-80)81-76(84)70-68-66-64-62-60-58-56-54-52-50-48-46-44-42-40-38-36-34-32-30-28-26-24-22-20-18-16-14-12-10-8-6-4-2/h16,18,22,24,28,30,51,53,59,61,67,69,73-75,77-80,82-83,85-87H,3-15,17,19-21,23,25-27,29,31-50,52,54-58,60,62-66,68,70-72H2,1-2H3,(H,81,84)/b18-16-,24-22-,30-28-,53-51+,61-59+,69-67+. The van der Waals surface area contributed by atoms with Gasteiger partial charge in [-0.05, 0) is 83.5 Å². The van der Waals surface area contributed by atoms with Gasteiger partial charge in [0.2, 0.25) is 5.91 Å². The molecule has 1 amide bonds. The Morgan fingerprint density at radius 3 is 1.02 bits per heavy atom. The van der Waals surface area contributed by atoms with E-state index in [-0.39, 0.29) is 12.5 Å². The van der Waals surface area contributed by atoms with Crippen molar-refractivity contribution in [1.29, 1.82) is 0 Å². The lowest BCUT2D eigenvalue weighted by molar-refractivity contribution is -0.302. The van der Waals surface area contributed by atoms with Gasteiger partial charge in [0.05, 0.1) is 25.4 Å². The molecule has 6 N–H and O–H groups in total. The number of hydrogen-bond donors (Lipinski definition) is 6. The molecule has 520 valence electrons. The molecule has 1 saturated heterocycles. The first-order valence-corrected chi connectivity index (χ1v) is 38.7. The van der Waals surface area contributed by atoms with Crippen LogP contribution in [0.2, 0.25) is 0 Å². The molecular weight excluding hydrogens is 1100 g/mol. The Bertz CT molecular complexity index is 1640. The molecule has 0 saturated carbocycles. The van der Waals surface area contributed by atoms with Crippen LogP contribution in [0.1, 0.15) is 373 Å². The SMILES string of the molecule is CCCCCCC/C=C\C/C=C\C/C=C\CCCCCCCCCCCCCCCCCCCCC(=O)NC(COC1OC(CO)C(O)C(O)C1O)C(O)/C=C/CC/C=C/CC/C=C/CCCCCCCCCCCCCCCCCCCCCCCCC. The maximum Gasteiger partial charge on any atom is 0.220 e. The first-order chi connectivity index (χ1) is 43.8. The summed E-state index contributed by atoms with van der Waals surface area (Å²) in [6, 6.07) is -0.833. The van der Waals surface area contributed by atoms with Crippen molar-refractivity contribution >= 4 is 5.91 Å². The van der Waals surface area contributed by atoms with Crippen LogP contribution in [0.15, 0.2) is 72.9 Å². The van der Waals surface area contributed by atoms with Gasteiger partial charge in [-0.15, -0.1) is 0 Å². The van der Waals surface area contributed by atoms with E-state index in [0.29, 0.717) is 6.42 Å². The van der Waals surface area contributed by atoms with Crippen LogP contribution in [0.25, 0.3) is 0 Å². The fourth-order valence-corrected chi connectivity index (χ4v) is 12.2. The lowest BCUT2D eigenvalue weighted by atomic mass is 9.99. The van der Waals surface area contributed by atoms with E-state index < -0.39 is 49.5 Å². The predicted octanol–water partition coefficient (Wildman–Crippen LogP) is 21.9. The summed E-state index contributed by atoms with van der Waals surface area (Å²) in [5, 5.41) is 54.8. The average molecular weight is 1250 g/mol. The van der Waals surface area contributed by atoms with Crippen LogP contribution in [0.4, 0.5) is 0 Å². The number of rotatable bonds is 68. The number of nitrogens with one attached hydrogen (secondary N) is 1. The van der Waals surface area contributed by atoms with E-state index in [4.69, 9.17) is 9.47 Å². The van der Waals surface area contributed by atoms with Crippen LogP contribution >= 0.6 is 0 Å². The normalized spacial score (nSPS) is 18.2. The molecule has 0 bridgehead atoms. The van der Waals surface area contributed by atoms with Crippen molar-refractivity contribution in [3.05, 3.63) is 72.9 Å². The molecular formula is C80H147NO8. The number of carbonyl (C=O) groups is 1. The molecule has 0 radical (unpaired) electrons. The molecule has 0 aromatic carbocycles. The van der Waals surface area contributed by atoms with Gasteiger partial charge < -0.3 is 40.3 Å². The maximum absolute atomic E-state index is 13.2. The number of amides is 1. The van der Waals surface area contributed by atoms with Crippen LogP contribution in [-0.4, -0.2) is 87.5 Å². The van der Waals surface area contributed by atoms with E-state index in [9.17, 15) is 30.3 Å². The number of aliphatic hydroxyl groups excluding tert-OH is 5. The molecule has 1 rings (SSSR count). The van der Waals surface area contributed by atoms with Crippen molar-refractivity contribution in [2.24, 2.45) is 0 Å². The summed E-state index contributed by atoms with van der Waals surface area (Å²) < 4.78 is 11.3. The van der Waals surface area contributed by atoms with Crippen LogP contribution in [-0.2, 0) is 14.3 Å². The molecule has 1 aliphatic heterocycles. The lowest BCUT2D eigenvalue weighted by Gasteiger charge is -2.40. The third-order valence-corrected chi connectivity index (χ3v) is 18.2. The van der Waals surface area contributed by atoms with Crippen molar-refractivity contribution in [2.45, 2.75) is 416 Å². The van der Waals surface area contributed by atoms with Crippen LogP contribution in [0.5, 0.6) is 0 Å². The molecule has 7 atom stereocenters. The summed E-state index contributed by atoms with van der Waals surface area (Å²) in [4.78, 5) is 13.2. The molecule has 1 heterocycles. The number of unbranched alkanes of at least 4 members (excludes halogenated alkanes) is 48. The molecule has 0 aromatic rings. The number of carbonyl (C=O) groups excluding carboxylic acids is 1. The third-order valence-electron chi connectivity index (χ3n) is 18.2. The molecule has 0 aliphatic carbocycles. The Morgan fingerprint density at radius 1 is 0.382 bits per heavy atom. The zero-order chi connectivity index (χ0) is 64.2. The van der Waals surface area contributed by atoms with Crippen molar-refractivity contribution in [1.82, 2.24) is 5.32 Å². The van der Waals surface area contributed by atoms with Gasteiger partial charge >= 0.3 is 0 Å². The second-order valence-electron chi connectivity index (χ2n) is 26.8. The quantitative estimate of drug-likeness (QED) is 0.0261. The van der Waals surface area contributed by atoms with Gasteiger partial charge in [0.25, 0.3) is 0 Å². The van der Waals surface area contributed by atoms with Gasteiger partial charge in [-0.2, -0.15) is 0 Å². The van der Waals surface area contributed by atoms with Gasteiger partial charge in [0.1, 0.15) is 24.4 Å². The Balaban J connectivity index is 2.12. The smallest absolute Gasteiger partial charge is 0.220 e. The topological polar surface area (TPSA) is 149 Å². The molecule has 0 spiro atoms. The minimum atomic E-state index is -1.58. The van der Waals surface area contributed by atoms with Crippen LogP contribution in [0, 0.1) is 0 Å². The highest BCUT2D eigenvalue weighted by molar-refractivity contribution is 5.76. The number of aliphatic hydroxyl groups is 5. The van der Waals surface area contributed by atoms with Gasteiger partial charge in [0, 0.05) is 6.42 Å². The molecule has 1 aliphatic rings. The predicted molar refractivity (Wildman–Crippen MR) is 382 cm³/mol. The van der Waals surface area contributed by atoms with Crippen molar-refractivity contribution in [3.63, 3.8) is 0 Å². The monoisotopic (exact) mass is 1250 g/mol. The molecule has 0 aromatic heterocycles. The number of hydrogen-bond acceptors (Lipinski definition) is 8. The molecule has 1 fully saturated rings. The maximum atomic E-state index is 13.2. The van der Waals surface area contributed by atoms with Gasteiger partial charge in [-0.3, -0.25) is 4.79 Å². The van der Waals surface area contributed by atoms with Crippen LogP contribution < -0.4 is 5.32 Å². The number of allylic oxidation sites excluding steroid dienone is 11. The Kier molecular flexibility index (Phi) is 65.1. The van der Waals surface area contributed by atoms with E-state index in [2.05, 4.69) is 79.9 Å². The summed E-state index contributed by atoms with van der Waals surface area (Å²) in [7, 11) is 0. The minimum absolute atomic E-state index is 0.186. The van der Waals surface area contributed by atoms with E-state index >= 15 is 0 Å². The van der Waals surface area contributed by atoms with Gasteiger partial charge in [0.15, 0.2) is 6.29 Å². The molecule has 7 unspecified atom stereocenters. The first kappa shape index (κ1) is 84.6. The first-order valence-electron chi connectivity index (χ1n) is 38.7. The summed E-state index contributed by atoms with van der Waals surface area (Å²) in [5.41, 5.74) is 0. The van der Waals surface area contributed by atoms with Crippen molar-refractivity contribution in [3.8, 4) is 0 Å². The second kappa shape index (κ2) is 68.5. The summed E-state index contributed by atoms with van der Waals surface area (Å²) in [5.74, 6) is -0.186. The average Bonchev–Trinajstić information content (AvgIpc) is 2.28. The Labute approximate surface area is 550 Å². The Morgan fingerprint density at radius 2 is 0.674 bits per heavy atom. The van der Waals surface area contributed by atoms with Crippen molar-refractivity contribution in [2.75, 3.05) is 13.2 Å². The molecule has 9 heteroatoms. The fraction of sp³-hybridized carbons (Fsp3) is 0.838.